The first-order chi connectivity index (χ1) is 13.0. The molecule has 2 heterocycles. The molecule has 0 aromatic heterocycles. The van der Waals surface area contributed by atoms with Gasteiger partial charge >= 0.3 is 0 Å². The monoisotopic (exact) mass is 373 g/mol. The highest BCUT2D eigenvalue weighted by Gasteiger charge is 2.41. The smallest absolute Gasteiger partial charge is 0.234 e. The molecular weight excluding hydrogens is 342 g/mol. The Morgan fingerprint density at radius 2 is 2.07 bits per heavy atom. The summed E-state index contributed by atoms with van der Waals surface area (Å²) in [5.41, 5.74) is 1.14. The predicted octanol–water partition coefficient (Wildman–Crippen LogP) is 2.04. The highest BCUT2D eigenvalue weighted by atomic mass is 16.5. The van der Waals surface area contributed by atoms with Gasteiger partial charge < -0.3 is 15.0 Å². The van der Waals surface area contributed by atoms with Crippen LogP contribution >= 0.6 is 0 Å². The van der Waals surface area contributed by atoms with Crippen molar-refractivity contribution < 1.29 is 14.3 Å². The SMILES string of the molecule is CCN1C[C@]2(CCCN(CC(=O)NCc3ccccc3OC)C2)CCC1=O. The van der Waals surface area contributed by atoms with Gasteiger partial charge in [0.1, 0.15) is 5.75 Å². The van der Waals surface area contributed by atoms with Gasteiger partial charge in [-0.05, 0) is 38.8 Å². The van der Waals surface area contributed by atoms with Crippen molar-refractivity contribution in [2.45, 2.75) is 39.2 Å². The molecule has 6 heteroatoms. The summed E-state index contributed by atoms with van der Waals surface area (Å²) in [5.74, 6) is 1.10. The summed E-state index contributed by atoms with van der Waals surface area (Å²) in [5, 5.41) is 3.01. The Morgan fingerprint density at radius 1 is 1.26 bits per heavy atom. The summed E-state index contributed by atoms with van der Waals surface area (Å²) in [7, 11) is 1.64. The summed E-state index contributed by atoms with van der Waals surface area (Å²) >= 11 is 0. The lowest BCUT2D eigenvalue weighted by atomic mass is 9.73. The van der Waals surface area contributed by atoms with E-state index in [-0.39, 0.29) is 17.2 Å². The van der Waals surface area contributed by atoms with Crippen molar-refractivity contribution in [2.75, 3.05) is 39.8 Å². The van der Waals surface area contributed by atoms with Crippen molar-refractivity contribution in [3.8, 4) is 5.75 Å². The Morgan fingerprint density at radius 3 is 2.85 bits per heavy atom. The minimum Gasteiger partial charge on any atom is -0.496 e. The third-order valence-electron chi connectivity index (χ3n) is 5.91. The van der Waals surface area contributed by atoms with Crippen LogP contribution in [0.1, 0.15) is 38.2 Å². The normalized spacial score (nSPS) is 23.5. The molecule has 1 aromatic rings. The highest BCUT2D eigenvalue weighted by Crippen LogP contribution is 2.38. The number of amides is 2. The van der Waals surface area contributed by atoms with E-state index in [1.807, 2.05) is 36.1 Å². The molecule has 27 heavy (non-hydrogen) atoms. The van der Waals surface area contributed by atoms with Gasteiger partial charge in [-0.15, -0.1) is 0 Å². The Balaban J connectivity index is 1.53. The summed E-state index contributed by atoms with van der Waals surface area (Å²) in [6.45, 7) is 6.39. The fourth-order valence-corrected chi connectivity index (χ4v) is 4.47. The van der Waals surface area contributed by atoms with Crippen molar-refractivity contribution in [3.63, 3.8) is 0 Å². The largest absolute Gasteiger partial charge is 0.496 e. The van der Waals surface area contributed by atoms with Gasteiger partial charge in [0.05, 0.1) is 13.7 Å². The van der Waals surface area contributed by atoms with Gasteiger partial charge in [-0.2, -0.15) is 0 Å². The summed E-state index contributed by atoms with van der Waals surface area (Å²) in [6, 6.07) is 7.74. The van der Waals surface area contributed by atoms with Gasteiger partial charge in [-0.1, -0.05) is 18.2 Å². The molecular formula is C21H31N3O3. The van der Waals surface area contributed by atoms with Crippen LogP contribution < -0.4 is 10.1 Å². The Labute approximate surface area is 161 Å². The quantitative estimate of drug-likeness (QED) is 0.829. The maximum Gasteiger partial charge on any atom is 0.234 e. The first-order valence-electron chi connectivity index (χ1n) is 9.94. The molecule has 1 spiro atoms. The number of likely N-dealkylation sites (tertiary alicyclic amines) is 2. The predicted molar refractivity (Wildman–Crippen MR) is 104 cm³/mol. The minimum absolute atomic E-state index is 0.0391. The third kappa shape index (κ3) is 4.80. The first kappa shape index (κ1) is 19.7. The van der Waals surface area contributed by atoms with E-state index in [9.17, 15) is 9.59 Å². The lowest BCUT2D eigenvalue weighted by molar-refractivity contribution is -0.139. The fourth-order valence-electron chi connectivity index (χ4n) is 4.47. The number of methoxy groups -OCH3 is 1. The van der Waals surface area contributed by atoms with Crippen LogP contribution in [0.5, 0.6) is 5.75 Å². The molecule has 0 saturated carbocycles. The lowest BCUT2D eigenvalue weighted by Gasteiger charge is -2.48. The fraction of sp³-hybridized carbons (Fsp3) is 0.619. The lowest BCUT2D eigenvalue weighted by Crippen LogP contribution is -2.55. The number of nitrogens with one attached hydrogen (secondary N) is 1. The average molecular weight is 373 g/mol. The van der Waals surface area contributed by atoms with Gasteiger partial charge in [-0.3, -0.25) is 14.5 Å². The standard InChI is InChI=1S/C21H31N3O3/c1-3-24-16-21(11-9-20(24)26)10-6-12-23(15-21)14-19(25)22-13-17-7-4-5-8-18(17)27-2/h4-5,7-8H,3,6,9-16H2,1-2H3,(H,22,25)/t21-/m1/s1. The molecule has 148 valence electrons. The van der Waals surface area contributed by atoms with E-state index in [1.165, 1.54) is 0 Å². The Kier molecular flexibility index (Phi) is 6.37. The van der Waals surface area contributed by atoms with Crippen LogP contribution in [0.4, 0.5) is 0 Å². The van der Waals surface area contributed by atoms with Gasteiger partial charge in [0.15, 0.2) is 0 Å². The molecule has 6 nitrogen and oxygen atoms in total. The average Bonchev–Trinajstić information content (AvgIpc) is 2.69. The van der Waals surface area contributed by atoms with E-state index in [0.29, 0.717) is 19.5 Å². The number of rotatable bonds is 6. The van der Waals surface area contributed by atoms with E-state index >= 15 is 0 Å². The third-order valence-corrected chi connectivity index (χ3v) is 5.91. The van der Waals surface area contributed by atoms with Gasteiger partial charge in [0.25, 0.3) is 0 Å². The molecule has 2 aliphatic rings. The van der Waals surface area contributed by atoms with Crippen molar-refractivity contribution in [1.29, 1.82) is 0 Å². The molecule has 2 saturated heterocycles. The van der Waals surface area contributed by atoms with E-state index in [4.69, 9.17) is 4.74 Å². The molecule has 1 aromatic carbocycles. The number of carbonyl (C=O) groups excluding carboxylic acids is 2. The van der Waals surface area contributed by atoms with Crippen LogP contribution in [0.2, 0.25) is 0 Å². The second kappa shape index (κ2) is 8.74. The second-order valence-electron chi connectivity index (χ2n) is 7.81. The first-order valence-corrected chi connectivity index (χ1v) is 9.94. The molecule has 0 aliphatic carbocycles. The maximum atomic E-state index is 12.5. The zero-order valence-electron chi connectivity index (χ0n) is 16.5. The Hall–Kier alpha value is -2.08. The topological polar surface area (TPSA) is 61.9 Å². The summed E-state index contributed by atoms with van der Waals surface area (Å²) in [6.07, 6.45) is 3.82. The molecule has 2 fully saturated rings. The molecule has 0 radical (unpaired) electrons. The number of benzene rings is 1. The number of piperidine rings is 2. The molecule has 3 rings (SSSR count). The van der Waals surface area contributed by atoms with Crippen LogP contribution in [-0.4, -0.2) is 61.4 Å². The number of hydrogen-bond acceptors (Lipinski definition) is 4. The molecule has 2 aliphatic heterocycles. The van der Waals surface area contributed by atoms with Crippen LogP contribution in [0.15, 0.2) is 24.3 Å². The van der Waals surface area contributed by atoms with Crippen molar-refractivity contribution in [3.05, 3.63) is 29.8 Å². The molecule has 1 N–H and O–H groups in total. The van der Waals surface area contributed by atoms with E-state index in [0.717, 1.165) is 56.8 Å². The van der Waals surface area contributed by atoms with E-state index in [1.54, 1.807) is 7.11 Å². The second-order valence-corrected chi connectivity index (χ2v) is 7.81. The van der Waals surface area contributed by atoms with E-state index < -0.39 is 0 Å². The summed E-state index contributed by atoms with van der Waals surface area (Å²) < 4.78 is 5.34. The van der Waals surface area contributed by atoms with Gasteiger partial charge in [-0.25, -0.2) is 0 Å². The zero-order valence-corrected chi connectivity index (χ0v) is 16.5. The molecule has 1 atom stereocenters. The van der Waals surface area contributed by atoms with Crippen molar-refractivity contribution in [1.82, 2.24) is 15.1 Å². The van der Waals surface area contributed by atoms with Crippen LogP contribution in [0.3, 0.4) is 0 Å². The number of para-hydroxylation sites is 1. The Bertz CT molecular complexity index is 678. The van der Waals surface area contributed by atoms with Gasteiger partial charge in [0.2, 0.25) is 11.8 Å². The minimum atomic E-state index is 0.0391. The van der Waals surface area contributed by atoms with Crippen LogP contribution in [0, 0.1) is 5.41 Å². The zero-order chi connectivity index (χ0) is 19.3. The number of hydrogen-bond donors (Lipinski definition) is 1. The van der Waals surface area contributed by atoms with Crippen molar-refractivity contribution >= 4 is 11.8 Å². The molecule has 0 bridgehead atoms. The number of nitrogens with zero attached hydrogens (tertiary/aromatic N) is 2. The van der Waals surface area contributed by atoms with E-state index in [2.05, 4.69) is 10.2 Å². The molecule has 2 amide bonds. The van der Waals surface area contributed by atoms with Crippen LogP contribution in [-0.2, 0) is 16.1 Å². The van der Waals surface area contributed by atoms with Gasteiger partial charge in [0, 0.05) is 43.6 Å². The summed E-state index contributed by atoms with van der Waals surface area (Å²) in [4.78, 5) is 28.7. The maximum absolute atomic E-state index is 12.5. The number of carbonyl (C=O) groups is 2. The highest BCUT2D eigenvalue weighted by molar-refractivity contribution is 5.78. The van der Waals surface area contributed by atoms with Crippen LogP contribution in [0.25, 0.3) is 0 Å². The number of ether oxygens (including phenoxy) is 1. The van der Waals surface area contributed by atoms with Crippen molar-refractivity contribution in [2.24, 2.45) is 5.41 Å². The molecule has 0 unspecified atom stereocenters.